The lowest BCUT2D eigenvalue weighted by molar-refractivity contribution is -0.123. The summed E-state index contributed by atoms with van der Waals surface area (Å²) >= 11 is 0. The summed E-state index contributed by atoms with van der Waals surface area (Å²) in [7, 11) is 1.21. The number of amides is 2. The van der Waals surface area contributed by atoms with Gasteiger partial charge in [-0.25, -0.2) is 4.79 Å². The maximum Gasteiger partial charge on any atom is 0.342 e. The number of carbonyl (C=O) groups excluding carboxylic acids is 3. The molecule has 2 aromatic rings. The van der Waals surface area contributed by atoms with Crippen LogP contribution in [0, 0.1) is 5.41 Å². The van der Waals surface area contributed by atoms with Crippen molar-refractivity contribution in [2.75, 3.05) is 17.7 Å². The summed E-state index contributed by atoms with van der Waals surface area (Å²) in [6.45, 7) is 6.15. The molecular formula is C20H24N2O6. The Kier molecular flexibility index (Phi) is 6.25. The van der Waals surface area contributed by atoms with Crippen molar-refractivity contribution in [3.8, 4) is 11.1 Å². The number of furan rings is 1. The van der Waals surface area contributed by atoms with Crippen LogP contribution in [0.2, 0.25) is 0 Å². The van der Waals surface area contributed by atoms with Gasteiger partial charge in [-0.3, -0.25) is 9.59 Å². The van der Waals surface area contributed by atoms with Gasteiger partial charge in [-0.15, -0.1) is 0 Å². The van der Waals surface area contributed by atoms with Crippen molar-refractivity contribution in [3.63, 3.8) is 0 Å². The third-order valence-electron chi connectivity index (χ3n) is 4.00. The molecule has 0 fully saturated rings. The number of hydrogen-bond donors (Lipinski definition) is 3. The highest BCUT2D eigenvalue weighted by atomic mass is 16.5. The van der Waals surface area contributed by atoms with E-state index in [0.29, 0.717) is 11.1 Å². The molecule has 0 aliphatic rings. The molecule has 3 N–H and O–H groups in total. The monoisotopic (exact) mass is 388 g/mol. The molecule has 0 spiro atoms. The van der Waals surface area contributed by atoms with E-state index in [9.17, 15) is 19.5 Å². The first-order valence-electron chi connectivity index (χ1n) is 8.62. The molecule has 1 aromatic carbocycles. The predicted molar refractivity (Wildman–Crippen MR) is 104 cm³/mol. The molecule has 0 bridgehead atoms. The molecule has 0 saturated carbocycles. The fraction of sp³-hybridized carbons (Fsp3) is 0.350. The van der Waals surface area contributed by atoms with Crippen LogP contribution in [-0.4, -0.2) is 30.0 Å². The number of rotatable bonds is 5. The maximum atomic E-state index is 12.5. The lowest BCUT2D eigenvalue weighted by Crippen LogP contribution is -2.29. The quantitative estimate of drug-likeness (QED) is 0.677. The molecule has 0 atom stereocenters. The van der Waals surface area contributed by atoms with Gasteiger partial charge < -0.3 is 24.9 Å². The highest BCUT2D eigenvalue weighted by Gasteiger charge is 2.27. The second-order valence-corrected chi connectivity index (χ2v) is 7.20. The zero-order valence-electron chi connectivity index (χ0n) is 16.5. The smallest absolute Gasteiger partial charge is 0.342 e. The Hall–Kier alpha value is -3.13. The van der Waals surface area contributed by atoms with E-state index in [1.807, 2.05) is 0 Å². The van der Waals surface area contributed by atoms with Crippen molar-refractivity contribution in [3.05, 3.63) is 35.8 Å². The van der Waals surface area contributed by atoms with Crippen LogP contribution in [0.1, 0.15) is 43.8 Å². The fourth-order valence-corrected chi connectivity index (χ4v) is 2.56. The summed E-state index contributed by atoms with van der Waals surface area (Å²) in [6.07, 6.45) is 1.39. The first kappa shape index (κ1) is 21.2. The Morgan fingerprint density at radius 1 is 1.11 bits per heavy atom. The van der Waals surface area contributed by atoms with Crippen LogP contribution in [0.5, 0.6) is 0 Å². The van der Waals surface area contributed by atoms with E-state index in [1.165, 1.54) is 20.3 Å². The molecule has 28 heavy (non-hydrogen) atoms. The third-order valence-corrected chi connectivity index (χ3v) is 4.00. The molecule has 1 aromatic heterocycles. The van der Waals surface area contributed by atoms with Crippen LogP contribution in [-0.2, 0) is 20.9 Å². The first-order valence-corrected chi connectivity index (χ1v) is 8.62. The van der Waals surface area contributed by atoms with Gasteiger partial charge in [0.15, 0.2) is 0 Å². The second kappa shape index (κ2) is 8.26. The van der Waals surface area contributed by atoms with Crippen LogP contribution in [0.4, 0.5) is 11.4 Å². The highest BCUT2D eigenvalue weighted by molar-refractivity contribution is 6.12. The summed E-state index contributed by atoms with van der Waals surface area (Å²) in [4.78, 5) is 36.8. The lowest BCUT2D eigenvalue weighted by atomic mass is 9.94. The number of carbonyl (C=O) groups is 3. The molecular weight excluding hydrogens is 364 g/mol. The van der Waals surface area contributed by atoms with E-state index < -0.39 is 17.3 Å². The molecule has 0 aliphatic carbocycles. The molecule has 1 heterocycles. The minimum atomic E-state index is -0.733. The van der Waals surface area contributed by atoms with Crippen molar-refractivity contribution < 1.29 is 28.6 Å². The molecule has 8 heteroatoms. The van der Waals surface area contributed by atoms with Gasteiger partial charge in [0.25, 0.3) is 0 Å². The number of anilines is 2. The van der Waals surface area contributed by atoms with E-state index in [-0.39, 0.29) is 35.2 Å². The van der Waals surface area contributed by atoms with E-state index >= 15 is 0 Å². The molecule has 0 saturated heterocycles. The van der Waals surface area contributed by atoms with Crippen molar-refractivity contribution in [2.24, 2.45) is 5.41 Å². The van der Waals surface area contributed by atoms with Gasteiger partial charge in [0, 0.05) is 23.5 Å². The standard InChI is InChI=1S/C20H24N2O6/c1-11(24)21-17-13(12-8-9-28-15(12)10-23)6-7-14(16(17)18(25)27-5)22-19(26)20(2,3)4/h6-9,23H,10H2,1-5H3,(H,21,24)(H,22,26). The third kappa shape index (κ3) is 4.40. The summed E-state index contributed by atoms with van der Waals surface area (Å²) in [5, 5.41) is 14.9. The first-order chi connectivity index (χ1) is 13.1. The average molecular weight is 388 g/mol. The minimum Gasteiger partial charge on any atom is -0.466 e. The molecule has 0 aliphatic heterocycles. The largest absolute Gasteiger partial charge is 0.466 e. The van der Waals surface area contributed by atoms with Gasteiger partial charge in [0.2, 0.25) is 11.8 Å². The summed E-state index contributed by atoms with van der Waals surface area (Å²) in [5.41, 5.74) is 0.607. The van der Waals surface area contributed by atoms with Gasteiger partial charge in [-0.2, -0.15) is 0 Å². The molecule has 0 unspecified atom stereocenters. The predicted octanol–water partition coefficient (Wildman–Crippen LogP) is 3.17. The summed E-state index contributed by atoms with van der Waals surface area (Å²) < 4.78 is 10.1. The van der Waals surface area contributed by atoms with Gasteiger partial charge in [0.1, 0.15) is 17.9 Å². The number of methoxy groups -OCH3 is 1. The second-order valence-electron chi connectivity index (χ2n) is 7.20. The van der Waals surface area contributed by atoms with Crippen LogP contribution >= 0.6 is 0 Å². The molecule has 2 amide bonds. The number of aliphatic hydroxyl groups excluding tert-OH is 1. The number of hydrogen-bond acceptors (Lipinski definition) is 6. The van der Waals surface area contributed by atoms with E-state index in [2.05, 4.69) is 10.6 Å². The summed E-state index contributed by atoms with van der Waals surface area (Å²) in [5.74, 6) is -1.18. The Morgan fingerprint density at radius 2 is 1.79 bits per heavy atom. The zero-order valence-corrected chi connectivity index (χ0v) is 16.5. The number of benzene rings is 1. The molecule has 2 rings (SSSR count). The van der Waals surface area contributed by atoms with Crippen LogP contribution in [0.15, 0.2) is 28.9 Å². The molecule has 8 nitrogen and oxygen atoms in total. The molecule has 0 radical (unpaired) electrons. The normalized spacial score (nSPS) is 11.1. The number of aliphatic hydroxyl groups is 1. The molecule has 150 valence electrons. The zero-order chi connectivity index (χ0) is 21.1. The van der Waals surface area contributed by atoms with E-state index in [0.717, 1.165) is 0 Å². The minimum absolute atomic E-state index is 0.00195. The Labute approximate surface area is 162 Å². The van der Waals surface area contributed by atoms with E-state index in [4.69, 9.17) is 9.15 Å². The van der Waals surface area contributed by atoms with Gasteiger partial charge in [0.05, 0.1) is 24.7 Å². The van der Waals surface area contributed by atoms with Gasteiger partial charge >= 0.3 is 5.97 Å². The Bertz CT molecular complexity index is 908. The Morgan fingerprint density at radius 3 is 2.32 bits per heavy atom. The topological polar surface area (TPSA) is 118 Å². The van der Waals surface area contributed by atoms with Gasteiger partial charge in [-0.05, 0) is 12.1 Å². The highest BCUT2D eigenvalue weighted by Crippen LogP contribution is 2.38. The van der Waals surface area contributed by atoms with Crippen LogP contribution in [0.25, 0.3) is 11.1 Å². The van der Waals surface area contributed by atoms with Crippen molar-refractivity contribution >= 4 is 29.2 Å². The van der Waals surface area contributed by atoms with E-state index in [1.54, 1.807) is 39.0 Å². The van der Waals surface area contributed by atoms with Crippen LogP contribution in [0.3, 0.4) is 0 Å². The Balaban J connectivity index is 2.74. The maximum absolute atomic E-state index is 12.5. The van der Waals surface area contributed by atoms with Crippen molar-refractivity contribution in [2.45, 2.75) is 34.3 Å². The number of ether oxygens (including phenoxy) is 1. The SMILES string of the molecule is COC(=O)c1c(NC(=O)C(C)(C)C)ccc(-c2ccoc2CO)c1NC(C)=O. The number of esters is 1. The lowest BCUT2D eigenvalue weighted by Gasteiger charge is -2.21. The van der Waals surface area contributed by atoms with Gasteiger partial charge in [-0.1, -0.05) is 26.8 Å². The summed E-state index contributed by atoms with van der Waals surface area (Å²) in [6, 6.07) is 4.78. The van der Waals surface area contributed by atoms with Crippen molar-refractivity contribution in [1.82, 2.24) is 0 Å². The van der Waals surface area contributed by atoms with Crippen LogP contribution < -0.4 is 10.6 Å². The average Bonchev–Trinajstić information content (AvgIpc) is 3.08. The van der Waals surface area contributed by atoms with Crippen molar-refractivity contribution in [1.29, 1.82) is 0 Å². The fourth-order valence-electron chi connectivity index (χ4n) is 2.56. The number of nitrogens with one attached hydrogen (secondary N) is 2.